The lowest BCUT2D eigenvalue weighted by molar-refractivity contribution is -0.334. The van der Waals surface area contributed by atoms with E-state index in [0.717, 1.165) is 78.9 Å². The molecule has 2 fully saturated rings. The van der Waals surface area contributed by atoms with E-state index >= 15 is 24.0 Å². The normalized spacial score (nSPS) is 25.5. The SMILES string of the molecule is CNC(CC(C)C)C(=O)NC1C(=O)NC(CC(N)=O)C(=O)NC2C(=O)NC3C(=O)NC(C(=O)N[C@@H](C(=O)NNC(=O)C(N)=O)c4cc(O)cc(O)c4-c4cc3ccc4O)C(O)c3ccc(c(Cl)c3)Oc3cc2cc(c3OC2OC(CO)C(O)C(O)C2OC2C[C@@](C)(NCCn3ccc(NC(=O)Cc4ccc(Cl)c(F)c4)nc3=O)C(O)C(C)O2)Oc2ccc(cc2Cl)C1O. The maximum absolute atomic E-state index is 16.3. The molecule has 682 valence electrons. The number of aromatic hydroxyl groups is 3. The van der Waals surface area contributed by atoms with Crippen molar-refractivity contribution < 1.29 is 132 Å². The Labute approximate surface area is 739 Å². The summed E-state index contributed by atoms with van der Waals surface area (Å²) >= 11 is 20.1. The fourth-order valence-corrected chi connectivity index (χ4v) is 15.6. The molecule has 0 radical (unpaired) electrons. The van der Waals surface area contributed by atoms with Crippen molar-refractivity contribution in [3.8, 4) is 57.1 Å². The number of carbonyl (C=O) groups excluding carboxylic acids is 11. The number of phenolic OH excluding ortho intramolecular Hbond substituents is 3. The number of rotatable bonds is 20. The smallest absolute Gasteiger partial charge is 0.349 e. The lowest BCUT2D eigenvalue weighted by atomic mass is 9.85. The molecule has 6 aromatic carbocycles. The summed E-state index contributed by atoms with van der Waals surface area (Å²) < 4.78 is 54.6. The van der Waals surface area contributed by atoms with E-state index in [0.29, 0.717) is 0 Å². The molecule has 7 aliphatic rings. The average Bonchev–Trinajstić information content (AvgIpc) is 0.762. The Morgan fingerprint density at radius 3 is 1.98 bits per heavy atom. The average molecular weight is 1840 g/mol. The van der Waals surface area contributed by atoms with E-state index in [1.807, 2.05) is 5.43 Å². The minimum atomic E-state index is -2.45. The van der Waals surface area contributed by atoms with Crippen molar-refractivity contribution in [2.75, 3.05) is 25.5 Å². The van der Waals surface area contributed by atoms with Gasteiger partial charge in [0.1, 0.15) is 107 Å². The number of benzene rings is 6. The van der Waals surface area contributed by atoms with E-state index in [2.05, 4.69) is 52.8 Å². The number of anilines is 1. The quantitative estimate of drug-likeness (QED) is 0.0338. The predicted octanol–water partition coefficient (Wildman–Crippen LogP) is -0.484. The fraction of sp³-hybridized carbons (Fsp3) is 0.378. The van der Waals surface area contributed by atoms with E-state index < -0.39 is 283 Å². The molecule has 0 aliphatic carbocycles. The Hall–Kier alpha value is -12.5. The number of nitrogens with two attached hydrogens (primary N) is 2. The Balaban J connectivity index is 1.00. The molecule has 8 heterocycles. The van der Waals surface area contributed by atoms with Crippen molar-refractivity contribution in [2.45, 2.75) is 169 Å². The highest BCUT2D eigenvalue weighted by atomic mass is 35.5. The second kappa shape index (κ2) is 39.8. The van der Waals surface area contributed by atoms with Gasteiger partial charge in [0.2, 0.25) is 59.3 Å². The van der Waals surface area contributed by atoms with Gasteiger partial charge in [0.15, 0.2) is 23.9 Å². The summed E-state index contributed by atoms with van der Waals surface area (Å²) in [6, 6.07) is 3.27. The van der Waals surface area contributed by atoms with E-state index in [4.69, 9.17) is 74.7 Å². The summed E-state index contributed by atoms with van der Waals surface area (Å²) in [7, 11) is 1.45. The van der Waals surface area contributed by atoms with Gasteiger partial charge in [0.25, 0.3) is 5.91 Å². The third kappa shape index (κ3) is 21.3. The van der Waals surface area contributed by atoms with Crippen LogP contribution in [-0.4, -0.2) is 220 Å². The number of phenols is 3. The summed E-state index contributed by atoms with van der Waals surface area (Å²) in [5.41, 5.74) is 9.16. The molecule has 1 aromatic heterocycles. The van der Waals surface area contributed by atoms with Crippen LogP contribution in [0.3, 0.4) is 0 Å². The van der Waals surface area contributed by atoms with Crippen molar-refractivity contribution >= 4 is 106 Å². The van der Waals surface area contributed by atoms with E-state index in [1.165, 1.54) is 49.0 Å². The van der Waals surface area contributed by atoms with E-state index in [9.17, 15) is 83.9 Å². The Morgan fingerprint density at radius 1 is 0.703 bits per heavy atom. The molecule has 14 rings (SSSR count). The molecular formula is C82H89Cl3FN15O27. The summed E-state index contributed by atoms with van der Waals surface area (Å²) in [6.07, 6.45) is -19.0. The van der Waals surface area contributed by atoms with Crippen molar-refractivity contribution in [1.29, 1.82) is 0 Å². The molecule has 42 nitrogen and oxygen atoms in total. The van der Waals surface area contributed by atoms with Crippen molar-refractivity contribution in [2.24, 2.45) is 17.4 Å². The topological polar surface area (TPSA) is 644 Å². The lowest BCUT2D eigenvalue weighted by Crippen LogP contribution is -2.65. The van der Waals surface area contributed by atoms with Crippen LogP contribution in [0, 0.1) is 11.7 Å². The number of hydrogen-bond donors (Lipinski definition) is 22. The summed E-state index contributed by atoms with van der Waals surface area (Å²) in [4.78, 5) is 175. The maximum atomic E-state index is 16.3. The van der Waals surface area contributed by atoms with Gasteiger partial charge in [-0.05, 0) is 139 Å². The predicted molar refractivity (Wildman–Crippen MR) is 443 cm³/mol. The number of carbonyl (C=O) groups is 11. The lowest BCUT2D eigenvalue weighted by Gasteiger charge is -2.48. The zero-order valence-electron chi connectivity index (χ0n) is 68.2. The highest BCUT2D eigenvalue weighted by molar-refractivity contribution is 6.34. The number of halogens is 4. The van der Waals surface area contributed by atoms with Crippen LogP contribution in [0.1, 0.15) is 111 Å². The van der Waals surface area contributed by atoms with Crippen LogP contribution in [0.5, 0.6) is 46.0 Å². The van der Waals surface area contributed by atoms with Crippen LogP contribution in [0.25, 0.3) is 11.1 Å². The fourth-order valence-electron chi connectivity index (χ4n) is 15.1. The molecule has 128 heavy (non-hydrogen) atoms. The molecule has 7 aromatic rings. The van der Waals surface area contributed by atoms with E-state index in [1.54, 1.807) is 26.2 Å². The van der Waals surface area contributed by atoms with E-state index in [-0.39, 0.29) is 65.8 Å². The highest BCUT2D eigenvalue weighted by Crippen LogP contribution is 2.50. The first-order valence-electron chi connectivity index (χ1n) is 39.5. The number of aliphatic hydroxyl groups is 6. The molecule has 7 aliphatic heterocycles. The van der Waals surface area contributed by atoms with Gasteiger partial charge in [-0.15, -0.1) is 0 Å². The van der Waals surface area contributed by atoms with Gasteiger partial charge in [-0.2, -0.15) is 4.98 Å². The van der Waals surface area contributed by atoms with Crippen molar-refractivity contribution in [1.82, 2.24) is 62.9 Å². The minimum Gasteiger partial charge on any atom is -0.508 e. The number of hydrazine groups is 1. The first kappa shape index (κ1) is 94.7. The largest absolute Gasteiger partial charge is 0.508 e. The first-order chi connectivity index (χ1) is 60.6. The van der Waals surface area contributed by atoms with Crippen molar-refractivity contribution in [3.05, 3.63) is 174 Å². The molecule has 0 saturated carbocycles. The molecule has 46 heteroatoms. The third-order valence-electron chi connectivity index (χ3n) is 21.6. The number of nitrogens with one attached hydrogen (secondary N) is 11. The molecule has 18 atom stereocenters. The van der Waals surface area contributed by atoms with Gasteiger partial charge in [-0.25, -0.2) is 9.18 Å². The van der Waals surface area contributed by atoms with Gasteiger partial charge < -0.3 is 134 Å². The molecule has 0 spiro atoms. The Morgan fingerprint density at radius 2 is 1.35 bits per heavy atom. The standard InChI is InChI=1S/C82H89Cl3FN15O27/c1-31(2)18-45(89-5)72(114)97-62-64(108)35-8-12-49(42(84)22-35)124-51-24-37-25-52(68(51)128-80-69(67(111)66(110)53(30-102)126-80)127-57-29-82(4,70(112)32(3)123-57)90-15-17-101-16-14-55(93-81(101)122)92-56(107)20-33-6-10-41(83)44(86)19-33)125-50-13-9-36(23-43(50)85)65(109)63-77(119)96-61(78(120)99-100-79(121)71(88)113)40-26-38(103)27-48(105)58(40)39-21-34(7-11-47(39)104)59(74(116)98-63)95-75(117)60(37)94-73(115)46(28-54(87)106)91-76(62)118/h6-14,16,19,21-27,31-32,45-46,53,57,59-67,69-70,80,89-90,102-105,108-112H,15,17-18,20,28-30H2,1-5H3,(H2,87,106)(H2,88,113)(H,91,118)(H,94,115)(H,95,117)(H,96,119)(H,97,114)(H,98,116)(H,99,120)(H,100,121)(H,92,93,107,122)/t32?,45?,46?,53?,57?,59?,60?,61-,62?,63?,64?,65?,66?,67?,69?,70?,80?,82-/m1/s1. The second-order valence-corrected chi connectivity index (χ2v) is 32.5. The van der Waals surface area contributed by atoms with Crippen LogP contribution in [-0.2, 0) is 79.9 Å². The molecule has 11 amide bonds. The zero-order chi connectivity index (χ0) is 92.9. The molecule has 16 unspecified atom stereocenters. The van der Waals surface area contributed by atoms with Crippen LogP contribution in [0.15, 0.2) is 114 Å². The van der Waals surface area contributed by atoms with Crippen LogP contribution < -0.4 is 90.1 Å². The number of fused-ring (bicyclic) bond motifs is 15. The number of likely N-dealkylation sites (N-methyl/N-ethyl adjacent to an activating group) is 1. The minimum absolute atomic E-state index is 0.0797. The second-order valence-electron chi connectivity index (χ2n) is 31.3. The Bertz CT molecular complexity index is 5590. The Kier molecular flexibility index (Phi) is 29.4. The van der Waals surface area contributed by atoms with Gasteiger partial charge >= 0.3 is 17.5 Å². The highest BCUT2D eigenvalue weighted by Gasteiger charge is 2.52. The number of hydrogen-bond acceptors (Lipinski definition) is 30. The van der Waals surface area contributed by atoms with Gasteiger partial charge in [-0.3, -0.25) is 68.2 Å². The number of aliphatic hydroxyl groups excluding tert-OH is 6. The van der Waals surface area contributed by atoms with Gasteiger partial charge in [0.05, 0.1) is 52.8 Å². The zero-order valence-corrected chi connectivity index (χ0v) is 70.4. The molecule has 24 N–H and O–H groups in total. The monoisotopic (exact) mass is 1840 g/mol. The molecule has 2 saturated heterocycles. The van der Waals surface area contributed by atoms with Gasteiger partial charge in [0, 0.05) is 48.4 Å². The number of ether oxygens (including phenoxy) is 6. The van der Waals surface area contributed by atoms with Gasteiger partial charge in [-0.1, -0.05) is 72.9 Å². The summed E-state index contributed by atoms with van der Waals surface area (Å²) in [6.45, 7) is 5.38. The van der Waals surface area contributed by atoms with Crippen LogP contribution >= 0.6 is 34.8 Å². The first-order valence-corrected chi connectivity index (χ1v) is 40.6. The number of amides is 11. The number of primary amides is 2. The molecule has 11 bridgehead atoms. The van der Waals surface area contributed by atoms with Crippen LogP contribution in [0.4, 0.5) is 10.2 Å². The summed E-state index contributed by atoms with van der Waals surface area (Å²) in [5.74, 6) is -21.5. The van der Waals surface area contributed by atoms with Crippen LogP contribution in [0.2, 0.25) is 15.1 Å². The number of nitrogens with zero attached hydrogens (tertiary/aromatic N) is 2. The molecular weight excluding hydrogens is 1750 g/mol. The third-order valence-corrected chi connectivity index (χ3v) is 22.5. The summed E-state index contributed by atoms with van der Waals surface area (Å²) in [5, 5.41) is 129. The maximum Gasteiger partial charge on any atom is 0.349 e. The number of aromatic nitrogens is 2. The van der Waals surface area contributed by atoms with Crippen molar-refractivity contribution in [3.63, 3.8) is 0 Å².